The summed E-state index contributed by atoms with van der Waals surface area (Å²) < 4.78 is 2.06. The van der Waals surface area contributed by atoms with E-state index < -0.39 is 0 Å². The molecule has 0 aliphatic heterocycles. The number of nitrogens with zero attached hydrogens (tertiary/aromatic N) is 5. The molecule has 0 atom stereocenters. The van der Waals surface area contributed by atoms with Crippen molar-refractivity contribution in [1.82, 2.24) is 19.4 Å². The van der Waals surface area contributed by atoms with Gasteiger partial charge in [-0.05, 0) is 29.8 Å². The molecule has 0 saturated heterocycles. The Morgan fingerprint density at radius 1 is 1.12 bits per heavy atom. The molecule has 0 radical (unpaired) electrons. The Bertz CT molecular complexity index is 1110. The molecule has 0 aliphatic rings. The van der Waals surface area contributed by atoms with Crippen molar-refractivity contribution in [2.24, 2.45) is 0 Å². The number of anilines is 2. The minimum absolute atomic E-state index is 0.164. The molecule has 0 aliphatic carbocycles. The van der Waals surface area contributed by atoms with Gasteiger partial charge in [0.05, 0.1) is 11.2 Å². The highest BCUT2D eigenvalue weighted by Crippen LogP contribution is 2.29. The van der Waals surface area contributed by atoms with Gasteiger partial charge in [0.2, 0.25) is 0 Å². The normalized spacial score (nSPS) is 10.6. The molecule has 4 heterocycles. The topological polar surface area (TPSA) is 105 Å². The third kappa shape index (κ3) is 2.70. The standard InChI is InChI=1S/C19H15N7/c20-9-14-18(21)24-12-25-19(14)23-10-13-11-26-8-4-2-6-16(26)17(13)15-5-1-3-7-22-15/h1-8,11-12H,10H2,(H3,21,23,24,25). The van der Waals surface area contributed by atoms with Crippen molar-refractivity contribution in [3.8, 4) is 17.3 Å². The summed E-state index contributed by atoms with van der Waals surface area (Å²) in [7, 11) is 0. The number of pyridine rings is 2. The van der Waals surface area contributed by atoms with Gasteiger partial charge in [-0.15, -0.1) is 0 Å². The van der Waals surface area contributed by atoms with Gasteiger partial charge in [-0.1, -0.05) is 12.1 Å². The summed E-state index contributed by atoms with van der Waals surface area (Å²) in [6.45, 7) is 0.471. The van der Waals surface area contributed by atoms with Gasteiger partial charge in [0.1, 0.15) is 29.6 Å². The molecule has 0 unspecified atom stereocenters. The van der Waals surface area contributed by atoms with Crippen LogP contribution in [0.2, 0.25) is 0 Å². The first-order chi connectivity index (χ1) is 12.8. The molecule has 0 saturated carbocycles. The Balaban J connectivity index is 1.76. The molecule has 4 rings (SSSR count). The first kappa shape index (κ1) is 15.6. The van der Waals surface area contributed by atoms with Gasteiger partial charge < -0.3 is 15.5 Å². The molecular formula is C19H15N7. The SMILES string of the molecule is N#Cc1c(N)ncnc1NCc1cn2ccccc2c1-c1ccccn1. The molecule has 26 heavy (non-hydrogen) atoms. The number of rotatable bonds is 4. The molecule has 0 amide bonds. The molecule has 0 bridgehead atoms. The fraction of sp³-hybridized carbons (Fsp3) is 0.0526. The predicted molar refractivity (Wildman–Crippen MR) is 99.1 cm³/mol. The maximum Gasteiger partial charge on any atom is 0.149 e. The molecule has 126 valence electrons. The number of hydrogen-bond donors (Lipinski definition) is 2. The van der Waals surface area contributed by atoms with Crippen molar-refractivity contribution < 1.29 is 0 Å². The number of nitriles is 1. The summed E-state index contributed by atoms with van der Waals surface area (Å²) in [5.41, 5.74) is 10.0. The Labute approximate surface area is 149 Å². The van der Waals surface area contributed by atoms with Gasteiger partial charge >= 0.3 is 0 Å². The quantitative estimate of drug-likeness (QED) is 0.591. The molecule has 4 aromatic heterocycles. The number of aromatic nitrogens is 4. The van der Waals surface area contributed by atoms with Crippen LogP contribution < -0.4 is 11.1 Å². The smallest absolute Gasteiger partial charge is 0.149 e. The van der Waals surface area contributed by atoms with Crippen molar-refractivity contribution in [2.75, 3.05) is 11.1 Å². The monoisotopic (exact) mass is 341 g/mol. The summed E-state index contributed by atoms with van der Waals surface area (Å²) in [5.74, 6) is 0.583. The average molecular weight is 341 g/mol. The van der Waals surface area contributed by atoms with Gasteiger partial charge in [0, 0.05) is 30.7 Å². The van der Waals surface area contributed by atoms with Gasteiger partial charge in [-0.2, -0.15) is 5.26 Å². The second-order valence-corrected chi connectivity index (χ2v) is 5.69. The number of nitrogens with one attached hydrogen (secondary N) is 1. The third-order valence-electron chi connectivity index (χ3n) is 4.12. The lowest BCUT2D eigenvalue weighted by molar-refractivity contribution is 1.07. The van der Waals surface area contributed by atoms with Crippen molar-refractivity contribution in [3.63, 3.8) is 0 Å². The molecule has 0 fully saturated rings. The average Bonchev–Trinajstić information content (AvgIpc) is 3.05. The van der Waals surface area contributed by atoms with Crippen LogP contribution >= 0.6 is 0 Å². The van der Waals surface area contributed by atoms with Crippen molar-refractivity contribution >= 4 is 17.2 Å². The number of nitrogen functional groups attached to an aromatic ring is 1. The van der Waals surface area contributed by atoms with E-state index in [1.54, 1.807) is 6.20 Å². The minimum atomic E-state index is 0.164. The highest BCUT2D eigenvalue weighted by atomic mass is 15.0. The summed E-state index contributed by atoms with van der Waals surface area (Å²) in [6.07, 6.45) is 7.16. The second kappa shape index (κ2) is 6.53. The summed E-state index contributed by atoms with van der Waals surface area (Å²) in [5, 5.41) is 12.5. The van der Waals surface area contributed by atoms with Crippen LogP contribution in [-0.2, 0) is 6.54 Å². The fourth-order valence-corrected chi connectivity index (χ4v) is 2.94. The second-order valence-electron chi connectivity index (χ2n) is 5.69. The van der Waals surface area contributed by atoms with Crippen molar-refractivity contribution in [2.45, 2.75) is 6.54 Å². The summed E-state index contributed by atoms with van der Waals surface area (Å²) in [6, 6.07) is 13.9. The lowest BCUT2D eigenvalue weighted by Gasteiger charge is -2.09. The van der Waals surface area contributed by atoms with Crippen LogP contribution in [0.1, 0.15) is 11.1 Å². The molecule has 0 spiro atoms. The fourth-order valence-electron chi connectivity index (χ4n) is 2.94. The van der Waals surface area contributed by atoms with E-state index in [-0.39, 0.29) is 11.4 Å². The zero-order valence-electron chi connectivity index (χ0n) is 13.8. The van der Waals surface area contributed by atoms with Crippen LogP contribution in [0, 0.1) is 11.3 Å². The Hall–Kier alpha value is -3.92. The first-order valence-electron chi connectivity index (χ1n) is 8.02. The lowest BCUT2D eigenvalue weighted by Crippen LogP contribution is -2.07. The van der Waals surface area contributed by atoms with Crippen molar-refractivity contribution in [1.29, 1.82) is 5.26 Å². The van der Waals surface area contributed by atoms with E-state index in [2.05, 4.69) is 30.7 Å². The molecular weight excluding hydrogens is 326 g/mol. The van der Waals surface area contributed by atoms with Crippen LogP contribution in [-0.4, -0.2) is 19.4 Å². The molecule has 7 heteroatoms. The van der Waals surface area contributed by atoms with Gasteiger partial charge in [-0.3, -0.25) is 4.98 Å². The Kier molecular flexibility index (Phi) is 3.92. The predicted octanol–water partition coefficient (Wildman–Crippen LogP) is 2.86. The first-order valence-corrected chi connectivity index (χ1v) is 8.02. The van der Waals surface area contributed by atoms with E-state index in [1.807, 2.05) is 48.8 Å². The molecule has 4 aromatic rings. The van der Waals surface area contributed by atoms with E-state index in [4.69, 9.17) is 5.73 Å². The Morgan fingerprint density at radius 2 is 2.00 bits per heavy atom. The zero-order valence-corrected chi connectivity index (χ0v) is 13.8. The van der Waals surface area contributed by atoms with Gasteiger partial charge in [-0.25, -0.2) is 9.97 Å². The third-order valence-corrected chi connectivity index (χ3v) is 4.12. The van der Waals surface area contributed by atoms with Crippen LogP contribution in [0.25, 0.3) is 16.8 Å². The van der Waals surface area contributed by atoms with Crippen LogP contribution in [0.15, 0.2) is 61.3 Å². The van der Waals surface area contributed by atoms with E-state index in [1.165, 1.54) is 6.33 Å². The molecule has 3 N–H and O–H groups in total. The number of nitrogens with two attached hydrogens (primary N) is 1. The number of hydrogen-bond acceptors (Lipinski definition) is 6. The largest absolute Gasteiger partial charge is 0.382 e. The van der Waals surface area contributed by atoms with Crippen LogP contribution in [0.5, 0.6) is 0 Å². The van der Waals surface area contributed by atoms with Gasteiger partial charge in [0.25, 0.3) is 0 Å². The maximum absolute atomic E-state index is 9.28. The maximum atomic E-state index is 9.28. The summed E-state index contributed by atoms with van der Waals surface area (Å²) in [4.78, 5) is 12.5. The van der Waals surface area contributed by atoms with E-state index in [9.17, 15) is 5.26 Å². The highest BCUT2D eigenvalue weighted by Gasteiger charge is 2.15. The van der Waals surface area contributed by atoms with Crippen molar-refractivity contribution in [3.05, 3.63) is 72.4 Å². The van der Waals surface area contributed by atoms with Crippen LogP contribution in [0.4, 0.5) is 11.6 Å². The van der Waals surface area contributed by atoms with Crippen LogP contribution in [0.3, 0.4) is 0 Å². The lowest BCUT2D eigenvalue weighted by atomic mass is 10.1. The molecule has 7 nitrogen and oxygen atoms in total. The molecule has 0 aromatic carbocycles. The minimum Gasteiger partial charge on any atom is -0.382 e. The highest BCUT2D eigenvalue weighted by molar-refractivity contribution is 5.82. The van der Waals surface area contributed by atoms with E-state index in [0.29, 0.717) is 12.4 Å². The van der Waals surface area contributed by atoms with E-state index in [0.717, 1.165) is 22.3 Å². The zero-order chi connectivity index (χ0) is 17.9. The number of fused-ring (bicyclic) bond motifs is 1. The van der Waals surface area contributed by atoms with E-state index >= 15 is 0 Å². The summed E-state index contributed by atoms with van der Waals surface area (Å²) >= 11 is 0. The Morgan fingerprint density at radius 3 is 2.81 bits per heavy atom. The van der Waals surface area contributed by atoms with Gasteiger partial charge in [0.15, 0.2) is 0 Å².